The predicted molar refractivity (Wildman–Crippen MR) is 215 cm³/mol. The van der Waals surface area contributed by atoms with Gasteiger partial charge in [-0.15, -0.1) is 0 Å². The third kappa shape index (κ3) is 8.25. The van der Waals surface area contributed by atoms with Crippen LogP contribution < -0.4 is 20.1 Å². The van der Waals surface area contributed by atoms with E-state index < -0.39 is 18.1 Å². The molecule has 0 fully saturated rings. The first-order valence-electron chi connectivity index (χ1n) is 18.2. The molecule has 1 aliphatic carbocycles. The minimum Gasteiger partial charge on any atom is -0.488 e. The lowest BCUT2D eigenvalue weighted by atomic mass is 9.89. The number of anilines is 1. The zero-order valence-corrected chi connectivity index (χ0v) is 32.6. The Bertz CT molecular complexity index is 2150. The number of fused-ring (bicyclic) bond motifs is 1. The summed E-state index contributed by atoms with van der Waals surface area (Å²) < 4.78 is 12.7. The van der Waals surface area contributed by atoms with Crippen molar-refractivity contribution >= 4 is 23.3 Å². The average molecular weight is 749 g/mol. The summed E-state index contributed by atoms with van der Waals surface area (Å²) in [5.41, 5.74) is 11.8. The Morgan fingerprint density at radius 3 is 2.37 bits per heavy atom. The van der Waals surface area contributed by atoms with Crippen LogP contribution >= 0.6 is 11.6 Å². The molecule has 1 heterocycles. The maximum atomic E-state index is 11.9. The summed E-state index contributed by atoms with van der Waals surface area (Å²) in [7, 11) is 6.13. The third-order valence-electron chi connectivity index (χ3n) is 10.6. The van der Waals surface area contributed by atoms with Gasteiger partial charge in [0.1, 0.15) is 30.3 Å². The number of rotatable bonds is 15. The highest BCUT2D eigenvalue weighted by Gasteiger charge is 2.32. The van der Waals surface area contributed by atoms with Crippen LogP contribution in [0, 0.1) is 13.8 Å². The Morgan fingerprint density at radius 2 is 1.65 bits per heavy atom. The summed E-state index contributed by atoms with van der Waals surface area (Å²) in [6.07, 6.45) is 5.69. The molecule has 282 valence electrons. The van der Waals surface area contributed by atoms with Crippen molar-refractivity contribution in [2.75, 3.05) is 33.1 Å². The summed E-state index contributed by atoms with van der Waals surface area (Å²) in [6.45, 7) is 5.70. The first-order valence-corrected chi connectivity index (χ1v) is 18.6. The number of hydrogen-bond acceptors (Lipinski definition) is 8. The molecule has 54 heavy (non-hydrogen) atoms. The fourth-order valence-corrected chi connectivity index (χ4v) is 7.38. The summed E-state index contributed by atoms with van der Waals surface area (Å²) in [5.74, 6) is -0.282. The lowest BCUT2D eigenvalue weighted by molar-refractivity contribution is -0.145. The highest BCUT2D eigenvalue weighted by molar-refractivity contribution is 6.32. The number of carboxylic acids is 1. The number of halogens is 1. The van der Waals surface area contributed by atoms with Crippen molar-refractivity contribution in [1.29, 1.82) is 0 Å². The van der Waals surface area contributed by atoms with Gasteiger partial charge in [0.15, 0.2) is 0 Å². The van der Waals surface area contributed by atoms with Crippen molar-refractivity contribution in [1.82, 2.24) is 15.2 Å². The van der Waals surface area contributed by atoms with Crippen LogP contribution in [0.25, 0.3) is 22.3 Å². The van der Waals surface area contributed by atoms with Crippen molar-refractivity contribution < 1.29 is 24.5 Å². The molecule has 6 rings (SSSR count). The van der Waals surface area contributed by atoms with Crippen LogP contribution in [0.15, 0.2) is 85.2 Å². The fourth-order valence-electron chi connectivity index (χ4n) is 7.14. The van der Waals surface area contributed by atoms with Crippen molar-refractivity contribution in [3.05, 3.63) is 129 Å². The molecule has 0 bridgehead atoms. The number of aliphatic hydroxyl groups is 1. The number of aliphatic hydroxyl groups excluding tert-OH is 1. The first kappa shape index (κ1) is 38.8. The van der Waals surface area contributed by atoms with E-state index in [0.29, 0.717) is 28.1 Å². The minimum absolute atomic E-state index is 0.0785. The van der Waals surface area contributed by atoms with Gasteiger partial charge in [0, 0.05) is 49.2 Å². The van der Waals surface area contributed by atoms with E-state index in [0.717, 1.165) is 40.8 Å². The van der Waals surface area contributed by atoms with Crippen LogP contribution in [0.3, 0.4) is 0 Å². The molecular weight excluding hydrogens is 700 g/mol. The standard InChI is InChI=1S/C44H49ClN4O5/c1-27-32(9-7-11-36(27)37-12-8-10-35(28(37)2)30-13-15-38-31(18-30)14-16-40(38)49(5)6)25-54-42-20-41(53-24-29-17-34(46-4)23-47-21-29)33(19-39(42)45)22-48-44(3,26-50)43(51)52/h7-13,15,17-21,23,40,46,48,50H,14,16,22,24-26H2,1-6H3,(H,51,52)/t40-,44?/m1/s1. The number of aliphatic carboxylic acids is 1. The number of aromatic nitrogens is 1. The van der Waals surface area contributed by atoms with Crippen LogP contribution in [0.1, 0.15) is 58.3 Å². The van der Waals surface area contributed by atoms with Gasteiger partial charge in [-0.2, -0.15) is 0 Å². The van der Waals surface area contributed by atoms with Crippen molar-refractivity contribution in [2.24, 2.45) is 0 Å². The fraction of sp³-hybridized carbons (Fsp3) is 0.318. The smallest absolute Gasteiger partial charge is 0.326 e. The van der Waals surface area contributed by atoms with E-state index in [9.17, 15) is 15.0 Å². The number of ether oxygens (including phenoxy) is 2. The summed E-state index contributed by atoms with van der Waals surface area (Å²) in [4.78, 5) is 18.4. The monoisotopic (exact) mass is 748 g/mol. The number of carboxylic acid groups (broad SMARTS) is 1. The summed E-state index contributed by atoms with van der Waals surface area (Å²) in [6, 6.07) is 25.6. The molecule has 0 saturated heterocycles. The quantitative estimate of drug-likeness (QED) is 0.0839. The van der Waals surface area contributed by atoms with Crippen LogP contribution in [0.4, 0.5) is 5.69 Å². The zero-order valence-electron chi connectivity index (χ0n) is 31.8. The molecule has 0 amide bonds. The van der Waals surface area contributed by atoms with Gasteiger partial charge in [-0.25, -0.2) is 0 Å². The van der Waals surface area contributed by atoms with Crippen LogP contribution in [-0.4, -0.2) is 59.4 Å². The Morgan fingerprint density at radius 1 is 0.926 bits per heavy atom. The molecule has 4 N–H and O–H groups in total. The van der Waals surface area contributed by atoms with Crippen LogP contribution in [0.5, 0.6) is 11.5 Å². The van der Waals surface area contributed by atoms with Gasteiger partial charge >= 0.3 is 5.97 Å². The molecule has 2 atom stereocenters. The molecule has 0 radical (unpaired) electrons. The number of carbonyl (C=O) groups is 1. The van der Waals surface area contributed by atoms with E-state index in [4.69, 9.17) is 21.1 Å². The molecule has 5 aromatic rings. The van der Waals surface area contributed by atoms with E-state index >= 15 is 0 Å². The number of hydrogen-bond donors (Lipinski definition) is 4. The lowest BCUT2D eigenvalue weighted by Gasteiger charge is -2.25. The molecule has 9 nitrogen and oxygen atoms in total. The van der Waals surface area contributed by atoms with Crippen molar-refractivity contribution in [2.45, 2.75) is 65.0 Å². The second-order valence-corrected chi connectivity index (χ2v) is 14.9. The minimum atomic E-state index is -1.55. The van der Waals surface area contributed by atoms with E-state index in [1.165, 1.54) is 40.3 Å². The van der Waals surface area contributed by atoms with Gasteiger partial charge in [0.05, 0.1) is 17.3 Å². The topological polar surface area (TPSA) is 116 Å². The Balaban J connectivity index is 1.25. The Kier molecular flexibility index (Phi) is 11.9. The number of pyridine rings is 1. The predicted octanol–water partition coefficient (Wildman–Crippen LogP) is 8.36. The summed E-state index contributed by atoms with van der Waals surface area (Å²) >= 11 is 6.80. The Hall–Kier alpha value is -4.93. The van der Waals surface area contributed by atoms with Gasteiger partial charge < -0.3 is 29.9 Å². The van der Waals surface area contributed by atoms with Gasteiger partial charge in [-0.1, -0.05) is 66.2 Å². The van der Waals surface area contributed by atoms with E-state index in [1.54, 1.807) is 24.5 Å². The second-order valence-electron chi connectivity index (χ2n) is 14.4. The van der Waals surface area contributed by atoms with Gasteiger partial charge in [-0.05, 0) is 110 Å². The molecule has 4 aromatic carbocycles. The van der Waals surface area contributed by atoms with E-state index in [-0.39, 0.29) is 19.8 Å². The van der Waals surface area contributed by atoms with E-state index in [2.05, 4.69) is 103 Å². The molecule has 0 aliphatic heterocycles. The SMILES string of the molecule is CNc1cncc(COc2cc(OCc3cccc(-c4cccc(-c5ccc6c(c5)CC[C@H]6N(C)C)c4C)c3C)c(Cl)cc2CNC(C)(CO)C(=O)O)c1. The molecule has 1 unspecified atom stereocenters. The van der Waals surface area contributed by atoms with Gasteiger partial charge in [0.2, 0.25) is 0 Å². The van der Waals surface area contributed by atoms with Gasteiger partial charge in [-0.3, -0.25) is 15.1 Å². The molecule has 10 heteroatoms. The highest BCUT2D eigenvalue weighted by atomic mass is 35.5. The number of nitrogens with one attached hydrogen (secondary N) is 2. The first-order chi connectivity index (χ1) is 25.9. The zero-order chi connectivity index (χ0) is 38.6. The average Bonchev–Trinajstić information content (AvgIpc) is 3.60. The van der Waals surface area contributed by atoms with E-state index in [1.807, 2.05) is 13.1 Å². The van der Waals surface area contributed by atoms with Gasteiger partial charge in [0.25, 0.3) is 0 Å². The van der Waals surface area contributed by atoms with Crippen LogP contribution in [0.2, 0.25) is 5.02 Å². The molecular formula is C44H49ClN4O5. The number of nitrogens with zero attached hydrogens (tertiary/aromatic N) is 2. The molecule has 0 spiro atoms. The van der Waals surface area contributed by atoms with Crippen molar-refractivity contribution in [3.8, 4) is 33.8 Å². The number of aryl methyl sites for hydroxylation is 1. The largest absolute Gasteiger partial charge is 0.488 e. The maximum absolute atomic E-state index is 11.9. The normalized spacial score (nSPS) is 14.8. The van der Waals surface area contributed by atoms with Crippen LogP contribution in [-0.2, 0) is 31.0 Å². The third-order valence-corrected chi connectivity index (χ3v) is 10.9. The molecule has 0 saturated carbocycles. The number of benzene rings is 4. The Labute approximate surface area is 322 Å². The highest BCUT2D eigenvalue weighted by Crippen LogP contribution is 2.40. The van der Waals surface area contributed by atoms with Crippen molar-refractivity contribution in [3.63, 3.8) is 0 Å². The maximum Gasteiger partial charge on any atom is 0.326 e. The summed E-state index contributed by atoms with van der Waals surface area (Å²) in [5, 5.41) is 25.9. The second kappa shape index (κ2) is 16.6. The molecule has 1 aliphatic rings. The lowest BCUT2D eigenvalue weighted by Crippen LogP contribution is -2.52. The molecule has 1 aromatic heterocycles.